The Labute approximate surface area is 167 Å². The van der Waals surface area contributed by atoms with Gasteiger partial charge in [-0.2, -0.15) is 0 Å². The van der Waals surface area contributed by atoms with E-state index in [0.29, 0.717) is 25.6 Å². The lowest BCUT2D eigenvalue weighted by Crippen LogP contribution is -2.65. The Morgan fingerprint density at radius 2 is 1.86 bits per heavy atom. The van der Waals surface area contributed by atoms with Crippen molar-refractivity contribution in [3.8, 4) is 0 Å². The molecule has 6 heteroatoms. The van der Waals surface area contributed by atoms with Gasteiger partial charge in [0.25, 0.3) is 0 Å². The molecule has 0 radical (unpaired) electrons. The zero-order valence-electron chi connectivity index (χ0n) is 16.8. The van der Waals surface area contributed by atoms with Crippen LogP contribution in [0.3, 0.4) is 0 Å². The molecule has 4 rings (SSSR count). The molecule has 1 atom stereocenters. The number of amides is 3. The van der Waals surface area contributed by atoms with E-state index in [1.165, 1.54) is 18.4 Å². The summed E-state index contributed by atoms with van der Waals surface area (Å²) in [7, 11) is 0. The fraction of sp³-hybridized carbons (Fsp3) is 0.636. The molecular formula is C22H32N4O2. The van der Waals surface area contributed by atoms with Crippen LogP contribution in [0, 0.1) is 17.3 Å². The Bertz CT molecular complexity index is 698. The van der Waals surface area contributed by atoms with Crippen molar-refractivity contribution in [2.45, 2.75) is 32.7 Å². The van der Waals surface area contributed by atoms with Gasteiger partial charge in [-0.3, -0.25) is 9.69 Å². The molecule has 6 nitrogen and oxygen atoms in total. The molecule has 1 aliphatic carbocycles. The van der Waals surface area contributed by atoms with Crippen LogP contribution >= 0.6 is 0 Å². The van der Waals surface area contributed by atoms with Crippen LogP contribution in [0.5, 0.6) is 0 Å². The number of hydrogen-bond acceptors (Lipinski definition) is 3. The highest BCUT2D eigenvalue weighted by Gasteiger charge is 2.57. The standard InChI is InChI=1S/C22H32N4O2/c1-2-10-23-21(28)26-15-22(16-26)14-25(12-18-6-4-3-5-7-18)13-19(22)20(27)24-11-17-8-9-17/h3-7,17,19H,2,8-16H2,1H3,(H,23,28)(H,24,27). The minimum atomic E-state index is -0.105. The van der Waals surface area contributed by atoms with Gasteiger partial charge in [-0.15, -0.1) is 0 Å². The first-order chi connectivity index (χ1) is 13.6. The number of likely N-dealkylation sites (tertiary alicyclic amines) is 2. The molecule has 1 aromatic rings. The van der Waals surface area contributed by atoms with E-state index in [4.69, 9.17) is 0 Å². The van der Waals surface area contributed by atoms with Gasteiger partial charge in [-0.05, 0) is 30.7 Å². The Morgan fingerprint density at radius 1 is 1.11 bits per heavy atom. The minimum absolute atomic E-state index is 0.00567. The van der Waals surface area contributed by atoms with Gasteiger partial charge in [0.15, 0.2) is 0 Å². The molecule has 0 bridgehead atoms. The molecule has 2 saturated heterocycles. The highest BCUT2D eigenvalue weighted by atomic mass is 16.2. The molecule has 3 fully saturated rings. The van der Waals surface area contributed by atoms with Gasteiger partial charge < -0.3 is 15.5 Å². The molecule has 2 N–H and O–H groups in total. The van der Waals surface area contributed by atoms with Crippen LogP contribution in [0.2, 0.25) is 0 Å². The van der Waals surface area contributed by atoms with Crippen molar-refractivity contribution in [1.82, 2.24) is 20.4 Å². The molecule has 1 saturated carbocycles. The van der Waals surface area contributed by atoms with Crippen LogP contribution in [-0.2, 0) is 11.3 Å². The number of benzene rings is 1. The van der Waals surface area contributed by atoms with E-state index in [0.717, 1.165) is 32.6 Å². The van der Waals surface area contributed by atoms with Crippen molar-refractivity contribution in [3.63, 3.8) is 0 Å². The van der Waals surface area contributed by atoms with Crippen LogP contribution in [0.15, 0.2) is 30.3 Å². The van der Waals surface area contributed by atoms with E-state index < -0.39 is 0 Å². The smallest absolute Gasteiger partial charge is 0.317 e. The average Bonchev–Trinajstić information content (AvgIpc) is 3.43. The number of nitrogens with zero attached hydrogens (tertiary/aromatic N) is 2. The third-order valence-electron chi connectivity index (χ3n) is 6.37. The number of rotatable bonds is 7. The van der Waals surface area contributed by atoms with Crippen LogP contribution in [0.4, 0.5) is 4.79 Å². The van der Waals surface area contributed by atoms with E-state index in [9.17, 15) is 9.59 Å². The summed E-state index contributed by atoms with van der Waals surface area (Å²) in [6, 6.07) is 10.4. The normalized spacial score (nSPS) is 23.5. The first-order valence-corrected chi connectivity index (χ1v) is 10.7. The topological polar surface area (TPSA) is 64.7 Å². The maximum Gasteiger partial charge on any atom is 0.317 e. The van der Waals surface area contributed by atoms with Crippen molar-refractivity contribution < 1.29 is 9.59 Å². The first-order valence-electron chi connectivity index (χ1n) is 10.7. The second-order valence-electron chi connectivity index (χ2n) is 8.85. The van der Waals surface area contributed by atoms with Crippen molar-refractivity contribution in [2.24, 2.45) is 17.3 Å². The Morgan fingerprint density at radius 3 is 2.54 bits per heavy atom. The molecule has 152 valence electrons. The molecule has 3 aliphatic rings. The fourth-order valence-corrected chi connectivity index (χ4v) is 4.61. The second-order valence-corrected chi connectivity index (χ2v) is 8.85. The van der Waals surface area contributed by atoms with Crippen LogP contribution in [-0.4, -0.2) is 61.0 Å². The summed E-state index contributed by atoms with van der Waals surface area (Å²) in [6.45, 7) is 7.42. The lowest BCUT2D eigenvalue weighted by molar-refractivity contribution is -0.131. The van der Waals surface area contributed by atoms with Gasteiger partial charge in [0.05, 0.1) is 5.92 Å². The summed E-state index contributed by atoms with van der Waals surface area (Å²) in [6.07, 6.45) is 3.41. The SMILES string of the molecule is CCCNC(=O)N1CC2(CN(Cc3ccccc3)CC2C(=O)NCC2CC2)C1. The zero-order chi connectivity index (χ0) is 19.6. The minimum Gasteiger partial charge on any atom is -0.356 e. The lowest BCUT2D eigenvalue weighted by Gasteiger charge is -2.50. The monoisotopic (exact) mass is 384 g/mol. The molecular weight excluding hydrogens is 352 g/mol. The third kappa shape index (κ3) is 4.17. The van der Waals surface area contributed by atoms with E-state index >= 15 is 0 Å². The summed E-state index contributed by atoms with van der Waals surface area (Å²) in [5.74, 6) is 0.820. The first kappa shape index (κ1) is 19.2. The number of hydrogen-bond donors (Lipinski definition) is 2. The van der Waals surface area contributed by atoms with Crippen LogP contribution in [0.1, 0.15) is 31.7 Å². The van der Waals surface area contributed by atoms with E-state index in [2.05, 4.69) is 46.7 Å². The molecule has 28 heavy (non-hydrogen) atoms. The van der Waals surface area contributed by atoms with E-state index in [1.54, 1.807) is 0 Å². The predicted octanol–water partition coefficient (Wildman–Crippen LogP) is 2.07. The molecule has 2 aliphatic heterocycles. The maximum atomic E-state index is 13.0. The Balaban J connectivity index is 1.41. The second kappa shape index (κ2) is 8.11. The molecule has 2 heterocycles. The van der Waals surface area contributed by atoms with Gasteiger partial charge in [0, 0.05) is 51.2 Å². The fourth-order valence-electron chi connectivity index (χ4n) is 4.61. The molecule has 3 amide bonds. The van der Waals surface area contributed by atoms with Gasteiger partial charge in [0.1, 0.15) is 0 Å². The average molecular weight is 385 g/mol. The highest BCUT2D eigenvalue weighted by molar-refractivity contribution is 5.82. The van der Waals surface area contributed by atoms with Crippen molar-refractivity contribution in [2.75, 3.05) is 39.3 Å². The largest absolute Gasteiger partial charge is 0.356 e. The number of carbonyl (C=O) groups is 2. The molecule has 1 aromatic carbocycles. The van der Waals surface area contributed by atoms with Crippen molar-refractivity contribution in [1.29, 1.82) is 0 Å². The summed E-state index contributed by atoms with van der Waals surface area (Å²) in [5, 5.41) is 6.14. The van der Waals surface area contributed by atoms with E-state index in [1.807, 2.05) is 11.0 Å². The third-order valence-corrected chi connectivity index (χ3v) is 6.37. The number of nitrogens with one attached hydrogen (secondary N) is 2. The van der Waals surface area contributed by atoms with Gasteiger partial charge in [-0.1, -0.05) is 37.3 Å². The Hall–Kier alpha value is -2.08. The van der Waals surface area contributed by atoms with Crippen LogP contribution < -0.4 is 10.6 Å². The molecule has 1 unspecified atom stereocenters. The van der Waals surface area contributed by atoms with Crippen LogP contribution in [0.25, 0.3) is 0 Å². The molecule has 1 spiro atoms. The summed E-state index contributed by atoms with van der Waals surface area (Å²) >= 11 is 0. The summed E-state index contributed by atoms with van der Waals surface area (Å²) in [5.41, 5.74) is 1.17. The Kier molecular flexibility index (Phi) is 5.58. The predicted molar refractivity (Wildman–Crippen MR) is 109 cm³/mol. The van der Waals surface area contributed by atoms with Crippen molar-refractivity contribution >= 4 is 11.9 Å². The lowest BCUT2D eigenvalue weighted by atomic mass is 9.71. The summed E-state index contributed by atoms with van der Waals surface area (Å²) in [4.78, 5) is 29.5. The highest BCUT2D eigenvalue weighted by Crippen LogP contribution is 2.44. The zero-order valence-corrected chi connectivity index (χ0v) is 16.8. The number of urea groups is 1. The van der Waals surface area contributed by atoms with Gasteiger partial charge in [-0.25, -0.2) is 4.79 Å². The summed E-state index contributed by atoms with van der Waals surface area (Å²) < 4.78 is 0. The van der Waals surface area contributed by atoms with Gasteiger partial charge in [0.2, 0.25) is 5.91 Å². The van der Waals surface area contributed by atoms with Crippen molar-refractivity contribution in [3.05, 3.63) is 35.9 Å². The number of carbonyl (C=O) groups excluding carboxylic acids is 2. The quantitative estimate of drug-likeness (QED) is 0.756. The van der Waals surface area contributed by atoms with Gasteiger partial charge >= 0.3 is 6.03 Å². The van der Waals surface area contributed by atoms with E-state index in [-0.39, 0.29) is 23.3 Å². The molecule has 0 aromatic heterocycles. The maximum absolute atomic E-state index is 13.0.